The van der Waals surface area contributed by atoms with Crippen molar-refractivity contribution in [2.24, 2.45) is 0 Å². The molecule has 0 bridgehead atoms. The normalized spacial score (nSPS) is 10.8. The fourth-order valence-electron chi connectivity index (χ4n) is 18.9. The summed E-state index contributed by atoms with van der Waals surface area (Å²) in [5, 5.41) is 63.4. The van der Waals surface area contributed by atoms with Gasteiger partial charge in [-0.2, -0.15) is 0 Å². The van der Waals surface area contributed by atoms with E-state index in [0.29, 0.717) is 0 Å². The Morgan fingerprint density at radius 1 is 0.125 bits per heavy atom. The van der Waals surface area contributed by atoms with E-state index in [-0.39, 0.29) is 102 Å². The van der Waals surface area contributed by atoms with E-state index in [1.807, 2.05) is 72.8 Å². The van der Waals surface area contributed by atoms with Crippen LogP contribution in [0.3, 0.4) is 0 Å². The molecule has 18 heteroatoms. The van der Waals surface area contributed by atoms with Gasteiger partial charge in [0.05, 0.1) is 34.2 Å². The molecule has 12 nitrogen and oxygen atoms in total. The average molecular weight is 2150 g/mol. The zero-order valence-corrected chi connectivity index (χ0v) is 83.1. The third-order valence-electron chi connectivity index (χ3n) is 25.7. The summed E-state index contributed by atoms with van der Waals surface area (Å²) in [5.74, 6) is 0. The van der Waals surface area contributed by atoms with E-state index in [9.17, 15) is 0 Å². The monoisotopic (exact) mass is 2150 g/mol. The number of aromatic nitrogens is 12. The Hall–Kier alpha value is -14.9. The second-order valence-electron chi connectivity index (χ2n) is 34.8. The summed E-state index contributed by atoms with van der Waals surface area (Å²) >= 11 is 0. The van der Waals surface area contributed by atoms with Gasteiger partial charge in [0.2, 0.25) is 0 Å². The van der Waals surface area contributed by atoms with Crippen LogP contribution in [0, 0.1) is 0 Å². The van der Waals surface area contributed by atoms with Crippen molar-refractivity contribution in [3.63, 3.8) is 0 Å². The first-order chi connectivity index (χ1) is 68.4. The van der Waals surface area contributed by atoms with Crippen molar-refractivity contribution in [2.45, 2.75) is 38.5 Å². The van der Waals surface area contributed by atoms with Crippen molar-refractivity contribution in [3.05, 3.63) is 540 Å². The summed E-state index contributed by atoms with van der Waals surface area (Å²) in [7, 11) is 0. The van der Waals surface area contributed by atoms with Gasteiger partial charge >= 0.3 is 102 Å². The molecule has 0 aliphatic carbocycles. The van der Waals surface area contributed by atoms with Crippen LogP contribution in [0.15, 0.2) is 473 Å². The van der Waals surface area contributed by atoms with Crippen LogP contribution < -0.4 is 30.6 Å². The van der Waals surface area contributed by atoms with Gasteiger partial charge in [0.25, 0.3) is 0 Å². The van der Waals surface area contributed by atoms with Crippen molar-refractivity contribution < 1.29 is 102 Å². The molecular formula is C126H90Cu6N12. The largest absolute Gasteiger partial charge is 1.00 e. The number of benzene rings is 18. The fraction of sp³-hybridized carbons (Fsp3) is 0.0476. The zero-order chi connectivity index (χ0) is 92.1. The molecule has 6 aromatic heterocycles. The van der Waals surface area contributed by atoms with E-state index in [4.69, 9.17) is 0 Å². The number of fused-ring (bicyclic) bond motifs is 3. The molecule has 0 fully saturated rings. The van der Waals surface area contributed by atoms with Gasteiger partial charge in [0.1, 0.15) is 0 Å². The second kappa shape index (κ2) is 48.3. The van der Waals surface area contributed by atoms with E-state index in [1.54, 1.807) is 0 Å². The summed E-state index contributed by atoms with van der Waals surface area (Å²) < 4.78 is 0. The first kappa shape index (κ1) is 102. The molecule has 0 aliphatic heterocycles. The third-order valence-corrected chi connectivity index (χ3v) is 25.7. The first-order valence-corrected chi connectivity index (χ1v) is 46.7. The summed E-state index contributed by atoms with van der Waals surface area (Å²) in [5.41, 5.74) is 38.4. The molecule has 0 unspecified atom stereocenters. The van der Waals surface area contributed by atoms with Crippen LogP contribution in [0.2, 0.25) is 0 Å². The minimum atomic E-state index is 0. The maximum absolute atomic E-state index is 4.68. The van der Waals surface area contributed by atoms with Gasteiger partial charge in [0.15, 0.2) is 0 Å². The Labute approximate surface area is 901 Å². The molecule has 144 heavy (non-hydrogen) atoms. The second-order valence-corrected chi connectivity index (χ2v) is 34.8. The molecule has 0 saturated heterocycles. The van der Waals surface area contributed by atoms with Crippen molar-refractivity contribution in [1.29, 1.82) is 0 Å². The molecule has 720 valence electrons. The van der Waals surface area contributed by atoms with Crippen molar-refractivity contribution in [1.82, 2.24) is 61.2 Å². The first-order valence-electron chi connectivity index (χ1n) is 46.7. The number of rotatable bonds is 24. The third kappa shape index (κ3) is 22.9. The molecule has 0 radical (unpaired) electrons. The van der Waals surface area contributed by atoms with Crippen LogP contribution in [0.1, 0.15) is 66.8 Å². The predicted molar refractivity (Wildman–Crippen MR) is 559 cm³/mol. The number of hydrogen-bond donors (Lipinski definition) is 0. The smallest absolute Gasteiger partial charge is 0.574 e. The predicted octanol–water partition coefficient (Wildman–Crippen LogP) is 28.2. The summed E-state index contributed by atoms with van der Waals surface area (Å²) in [6.07, 6.45) is 4.38. The Kier molecular flexibility index (Phi) is 34.2. The van der Waals surface area contributed by atoms with Crippen molar-refractivity contribution in [2.75, 3.05) is 0 Å². The minimum absolute atomic E-state index is 0. The zero-order valence-electron chi connectivity index (χ0n) is 77.5. The van der Waals surface area contributed by atoms with Gasteiger partial charge in [-0.05, 0) is 204 Å². The number of hydrogen-bond acceptors (Lipinski definition) is 6. The van der Waals surface area contributed by atoms with E-state index in [1.165, 1.54) is 65.7 Å². The van der Waals surface area contributed by atoms with E-state index < -0.39 is 0 Å². The van der Waals surface area contributed by atoms with Gasteiger partial charge in [-0.15, -0.1) is 34.2 Å². The van der Waals surface area contributed by atoms with Crippen LogP contribution in [0.5, 0.6) is 0 Å². The molecule has 0 N–H and O–H groups in total. The van der Waals surface area contributed by atoms with Crippen LogP contribution in [0.25, 0.3) is 167 Å². The van der Waals surface area contributed by atoms with Crippen molar-refractivity contribution >= 4 is 32.3 Å². The van der Waals surface area contributed by atoms with Crippen LogP contribution in [-0.2, 0) is 141 Å². The SMILES string of the molecule is [Cu+].[Cu+].[Cu+].[Cu+].[Cu+].[Cu+].c1ccc(-c2n[n-]c(-c3ccccc3)c2Cc2ccc3ccc(Cc4c(-c5ccccc5)n[n-]c4-c4ccccc4)cc3c2)cc1.c1ccc(-c2n[n-]c(-c3ccccc3)c2Cc2ccc3ccc(Cc4c(-c5ccccc5)n[n-]c4-c4ccccc4)cc3c2)cc1.c1ccc(-c2n[n-]c(-c3ccccc3)c2Cc2ccc3ccc(Cc4c(-c5ccccc5)n[n-]c4-c4ccccc4)cc3c2)cc1. The Balaban J connectivity index is 0.000000152. The van der Waals surface area contributed by atoms with Crippen LogP contribution in [-0.4, -0.2) is 30.6 Å². The molecule has 0 atom stereocenters. The molecule has 0 aliphatic rings. The number of nitrogens with zero attached hydrogens (tertiary/aromatic N) is 12. The molecule has 24 rings (SSSR count). The van der Waals surface area contributed by atoms with Gasteiger partial charge in [-0.3, -0.25) is 0 Å². The van der Waals surface area contributed by atoms with E-state index >= 15 is 0 Å². The summed E-state index contributed by atoms with van der Waals surface area (Å²) in [4.78, 5) is 0. The van der Waals surface area contributed by atoms with Gasteiger partial charge < -0.3 is 61.2 Å². The Bertz CT molecular complexity index is 6690. The molecule has 0 saturated carbocycles. The van der Waals surface area contributed by atoms with Crippen LogP contribution in [0.4, 0.5) is 0 Å². The average Bonchev–Trinajstić information content (AvgIpc) is 1.46. The van der Waals surface area contributed by atoms with Crippen LogP contribution >= 0.6 is 0 Å². The maximum Gasteiger partial charge on any atom is 1.00 e. The maximum atomic E-state index is 4.68. The summed E-state index contributed by atoms with van der Waals surface area (Å²) in [6.45, 7) is 0. The summed E-state index contributed by atoms with van der Waals surface area (Å²) in [6, 6.07) is 165. The van der Waals surface area contributed by atoms with Gasteiger partial charge in [-0.25, -0.2) is 0 Å². The molecule has 24 aromatic rings. The molecule has 0 spiro atoms. The quantitative estimate of drug-likeness (QED) is 0.0527. The van der Waals surface area contributed by atoms with Crippen molar-refractivity contribution in [3.8, 4) is 135 Å². The Morgan fingerprint density at radius 2 is 0.243 bits per heavy atom. The van der Waals surface area contributed by atoms with E-state index in [2.05, 4.69) is 462 Å². The topological polar surface area (TPSA) is 162 Å². The molecule has 0 amide bonds. The fourth-order valence-corrected chi connectivity index (χ4v) is 18.9. The van der Waals surface area contributed by atoms with Gasteiger partial charge in [-0.1, -0.05) is 473 Å². The Morgan fingerprint density at radius 3 is 0.368 bits per heavy atom. The molecule has 18 aromatic carbocycles. The molecular weight excluding hydrogens is 2060 g/mol. The standard InChI is InChI=1S/3C42H30N4.6Cu/c3*1-5-13-32(14-6-1)39-37(40(44-43-39)33-15-7-2-8-16-33)27-29-21-23-31-24-22-30(26-36(31)25-29)28-38-41(34-17-9-3-10-18-34)45-46-42(38)35-19-11-4-12-20-35;;;;;;/h3*1-26H,27-28H2;;;;;;/q3*-2;6*+1. The molecule has 6 heterocycles. The van der Waals surface area contributed by atoms with E-state index in [0.717, 1.165) is 207 Å². The van der Waals surface area contributed by atoms with Gasteiger partial charge in [0, 0.05) is 0 Å². The minimum Gasteiger partial charge on any atom is -0.574 e.